The van der Waals surface area contributed by atoms with Gasteiger partial charge in [-0.05, 0) is 121 Å². The van der Waals surface area contributed by atoms with Gasteiger partial charge in [0, 0.05) is 23.2 Å². The molecule has 0 saturated carbocycles. The number of hydrogen-bond donors (Lipinski definition) is 2. The van der Waals surface area contributed by atoms with E-state index in [-0.39, 0.29) is 0 Å². The van der Waals surface area contributed by atoms with Crippen LogP contribution in [0.15, 0.2) is 84.9 Å². The summed E-state index contributed by atoms with van der Waals surface area (Å²) in [6.45, 7) is 9.01. The van der Waals surface area contributed by atoms with Gasteiger partial charge < -0.3 is 11.5 Å². The zero-order chi connectivity index (χ0) is 39.1. The minimum Gasteiger partial charge on any atom is -0.399 e. The molecule has 0 aromatic heterocycles. The lowest BCUT2D eigenvalue weighted by molar-refractivity contribution is 0.536. The van der Waals surface area contributed by atoms with Gasteiger partial charge in [-0.15, -0.1) is 0 Å². The molecule has 55 heavy (non-hydrogen) atoms. The minimum absolute atomic E-state index is 0.464. The standard InChI is InChI=1S/C53H78N2/c1-5-7-20-26-52(50-38-36-48(54)40-42(50)3)46-32-28-44(29-33-46)24-22-18-16-14-12-10-9-11-13-15-17-19-23-25-45-30-34-47(35-31-45)53(27-21-8-6-2)51-39-37-49(55)41-43(51)4/h28-41,52-53H,5-27,54-55H2,1-4H3. The van der Waals surface area contributed by atoms with E-state index in [1.54, 1.807) is 0 Å². The Labute approximate surface area is 338 Å². The predicted molar refractivity (Wildman–Crippen MR) is 243 cm³/mol. The average molecular weight is 743 g/mol. The van der Waals surface area contributed by atoms with Gasteiger partial charge in [-0.25, -0.2) is 0 Å². The van der Waals surface area contributed by atoms with Crippen LogP contribution in [0.2, 0.25) is 0 Å². The molecule has 0 radical (unpaired) electrons. The van der Waals surface area contributed by atoms with Gasteiger partial charge >= 0.3 is 0 Å². The highest BCUT2D eigenvalue weighted by molar-refractivity contribution is 5.49. The van der Waals surface area contributed by atoms with Crippen molar-refractivity contribution in [2.24, 2.45) is 0 Å². The van der Waals surface area contributed by atoms with Crippen molar-refractivity contribution in [2.75, 3.05) is 11.5 Å². The van der Waals surface area contributed by atoms with Crippen LogP contribution in [0.5, 0.6) is 0 Å². The Morgan fingerprint density at radius 1 is 0.382 bits per heavy atom. The van der Waals surface area contributed by atoms with Crippen LogP contribution in [0.25, 0.3) is 0 Å². The summed E-state index contributed by atoms with van der Waals surface area (Å²) in [7, 11) is 0. The van der Waals surface area contributed by atoms with Crippen LogP contribution in [0.4, 0.5) is 11.4 Å². The second kappa shape index (κ2) is 25.6. The molecule has 2 nitrogen and oxygen atoms in total. The number of hydrogen-bond acceptors (Lipinski definition) is 2. The molecular formula is C53H78N2. The topological polar surface area (TPSA) is 52.0 Å². The molecule has 0 aliphatic heterocycles. The molecule has 0 bridgehead atoms. The molecule has 2 heteroatoms. The van der Waals surface area contributed by atoms with Crippen LogP contribution in [-0.2, 0) is 12.8 Å². The van der Waals surface area contributed by atoms with E-state index < -0.39 is 0 Å². The Kier molecular flexibility index (Phi) is 20.6. The van der Waals surface area contributed by atoms with E-state index in [4.69, 9.17) is 11.5 Å². The lowest BCUT2D eigenvalue weighted by atomic mass is 9.84. The van der Waals surface area contributed by atoms with Crippen molar-refractivity contribution in [1.82, 2.24) is 0 Å². The first-order valence-electron chi connectivity index (χ1n) is 22.8. The van der Waals surface area contributed by atoms with Crippen molar-refractivity contribution in [3.8, 4) is 0 Å². The number of anilines is 2. The van der Waals surface area contributed by atoms with Gasteiger partial charge in [0.15, 0.2) is 0 Å². The van der Waals surface area contributed by atoms with Gasteiger partial charge in [0.05, 0.1) is 0 Å². The van der Waals surface area contributed by atoms with Crippen LogP contribution in [-0.4, -0.2) is 0 Å². The molecule has 0 fully saturated rings. The first-order valence-corrected chi connectivity index (χ1v) is 22.8. The van der Waals surface area contributed by atoms with Crippen LogP contribution in [0.1, 0.15) is 205 Å². The summed E-state index contributed by atoms with van der Waals surface area (Å²) in [5.74, 6) is 0.929. The fourth-order valence-electron chi connectivity index (χ4n) is 8.82. The molecule has 0 aliphatic carbocycles. The molecule has 0 saturated heterocycles. The van der Waals surface area contributed by atoms with E-state index in [1.165, 1.54) is 192 Å². The van der Waals surface area contributed by atoms with Gasteiger partial charge in [0.1, 0.15) is 0 Å². The summed E-state index contributed by atoms with van der Waals surface area (Å²) in [4.78, 5) is 0. The summed E-state index contributed by atoms with van der Waals surface area (Å²) in [5, 5.41) is 0. The summed E-state index contributed by atoms with van der Waals surface area (Å²) >= 11 is 0. The molecule has 4 aromatic carbocycles. The Hall–Kier alpha value is -3.52. The zero-order valence-electron chi connectivity index (χ0n) is 35.7. The SMILES string of the molecule is CCCCCC(c1ccc(CCCCCCCCCCCCCCCc2ccc(C(CCCCC)c3ccc(N)cc3C)cc2)cc1)c1ccc(N)cc1C. The number of aryl methyl sites for hydroxylation is 4. The number of nitrogen functional groups attached to an aromatic ring is 2. The van der Waals surface area contributed by atoms with E-state index in [0.717, 1.165) is 11.4 Å². The monoisotopic (exact) mass is 743 g/mol. The summed E-state index contributed by atoms with van der Waals surface area (Å²) in [5.41, 5.74) is 25.3. The average Bonchev–Trinajstić information content (AvgIpc) is 3.18. The highest BCUT2D eigenvalue weighted by atomic mass is 14.5. The van der Waals surface area contributed by atoms with Crippen molar-refractivity contribution >= 4 is 11.4 Å². The van der Waals surface area contributed by atoms with Crippen LogP contribution < -0.4 is 11.5 Å². The minimum atomic E-state index is 0.464. The summed E-state index contributed by atoms with van der Waals surface area (Å²) in [6.07, 6.45) is 30.5. The van der Waals surface area contributed by atoms with Gasteiger partial charge in [0.2, 0.25) is 0 Å². The van der Waals surface area contributed by atoms with Crippen molar-refractivity contribution < 1.29 is 0 Å². The van der Waals surface area contributed by atoms with Crippen molar-refractivity contribution in [2.45, 2.75) is 187 Å². The van der Waals surface area contributed by atoms with Crippen molar-refractivity contribution in [1.29, 1.82) is 0 Å². The maximum absolute atomic E-state index is 6.08. The Morgan fingerprint density at radius 3 is 1.02 bits per heavy atom. The van der Waals surface area contributed by atoms with E-state index in [2.05, 4.69) is 113 Å². The molecule has 0 heterocycles. The lowest BCUT2D eigenvalue weighted by Gasteiger charge is -2.21. The second-order valence-electron chi connectivity index (χ2n) is 16.9. The molecule has 0 amide bonds. The first kappa shape index (κ1) is 44.2. The Balaban J connectivity index is 1.01. The van der Waals surface area contributed by atoms with Crippen molar-refractivity contribution in [3.05, 3.63) is 129 Å². The maximum atomic E-state index is 6.08. The molecule has 300 valence electrons. The summed E-state index contributed by atoms with van der Waals surface area (Å²) < 4.78 is 0. The second-order valence-corrected chi connectivity index (χ2v) is 16.9. The van der Waals surface area contributed by atoms with E-state index in [0.29, 0.717) is 11.8 Å². The molecule has 0 aliphatic rings. The summed E-state index contributed by atoms with van der Waals surface area (Å²) in [6, 6.07) is 32.1. The number of rotatable bonds is 28. The third kappa shape index (κ3) is 15.9. The molecule has 2 unspecified atom stereocenters. The molecule has 4 rings (SSSR count). The van der Waals surface area contributed by atoms with Gasteiger partial charge in [-0.3, -0.25) is 0 Å². The molecule has 4 aromatic rings. The third-order valence-corrected chi connectivity index (χ3v) is 12.2. The van der Waals surface area contributed by atoms with E-state index >= 15 is 0 Å². The molecule has 2 atom stereocenters. The fourth-order valence-corrected chi connectivity index (χ4v) is 8.82. The number of benzene rings is 4. The number of unbranched alkanes of at least 4 members (excludes halogenated alkanes) is 16. The first-order chi connectivity index (χ1) is 26.9. The van der Waals surface area contributed by atoms with Gasteiger partial charge in [-0.1, -0.05) is 184 Å². The van der Waals surface area contributed by atoms with Crippen LogP contribution >= 0.6 is 0 Å². The maximum Gasteiger partial charge on any atom is 0.0316 e. The third-order valence-electron chi connectivity index (χ3n) is 12.2. The van der Waals surface area contributed by atoms with E-state index in [1.807, 2.05) is 0 Å². The fraction of sp³-hybridized carbons (Fsp3) is 0.547. The quantitative estimate of drug-likeness (QED) is 0.0450. The van der Waals surface area contributed by atoms with Crippen molar-refractivity contribution in [3.63, 3.8) is 0 Å². The van der Waals surface area contributed by atoms with E-state index in [9.17, 15) is 0 Å². The smallest absolute Gasteiger partial charge is 0.0316 e. The highest BCUT2D eigenvalue weighted by Gasteiger charge is 2.18. The highest BCUT2D eigenvalue weighted by Crippen LogP contribution is 2.35. The normalized spacial score (nSPS) is 12.6. The molecular weight excluding hydrogens is 665 g/mol. The predicted octanol–water partition coefficient (Wildman–Crippen LogP) is 15.7. The Bertz CT molecular complexity index is 1480. The van der Waals surface area contributed by atoms with Gasteiger partial charge in [-0.2, -0.15) is 0 Å². The zero-order valence-corrected chi connectivity index (χ0v) is 35.7. The lowest BCUT2D eigenvalue weighted by Crippen LogP contribution is -2.05. The number of nitrogens with two attached hydrogens (primary N) is 2. The Morgan fingerprint density at radius 2 is 0.709 bits per heavy atom. The van der Waals surface area contributed by atoms with Crippen LogP contribution in [0, 0.1) is 13.8 Å². The molecule has 4 N–H and O–H groups in total. The van der Waals surface area contributed by atoms with Crippen LogP contribution in [0.3, 0.4) is 0 Å². The van der Waals surface area contributed by atoms with Gasteiger partial charge in [0.25, 0.3) is 0 Å². The largest absolute Gasteiger partial charge is 0.399 e. The molecule has 0 spiro atoms.